The number of carbonyl (C=O) groups is 1. The van der Waals surface area contributed by atoms with Gasteiger partial charge in [-0.15, -0.1) is 0 Å². The number of para-hydroxylation sites is 1. The molecular weight excluding hydrogens is 244 g/mol. The van der Waals surface area contributed by atoms with E-state index in [4.69, 9.17) is 9.47 Å². The largest absolute Gasteiger partial charge is 0.507 e. The third kappa shape index (κ3) is 3.25. The van der Waals surface area contributed by atoms with Gasteiger partial charge < -0.3 is 14.6 Å². The van der Waals surface area contributed by atoms with Crippen LogP contribution in [0.25, 0.3) is 0 Å². The van der Waals surface area contributed by atoms with Gasteiger partial charge >= 0.3 is 0 Å². The van der Waals surface area contributed by atoms with Crippen molar-refractivity contribution in [2.75, 3.05) is 13.7 Å². The highest BCUT2D eigenvalue weighted by atomic mass is 16.5. The van der Waals surface area contributed by atoms with Gasteiger partial charge in [-0.05, 0) is 24.3 Å². The average molecular weight is 258 g/mol. The molecule has 0 heterocycles. The predicted molar refractivity (Wildman–Crippen MR) is 70.9 cm³/mol. The van der Waals surface area contributed by atoms with E-state index in [0.29, 0.717) is 11.5 Å². The van der Waals surface area contributed by atoms with Crippen LogP contribution >= 0.6 is 0 Å². The van der Waals surface area contributed by atoms with Gasteiger partial charge in [0.25, 0.3) is 0 Å². The molecule has 0 saturated carbocycles. The molecule has 2 aromatic rings. The number of rotatable bonds is 5. The fourth-order valence-corrected chi connectivity index (χ4v) is 1.63. The van der Waals surface area contributed by atoms with Crippen molar-refractivity contribution in [3.05, 3.63) is 54.1 Å². The van der Waals surface area contributed by atoms with Crippen LogP contribution in [0.15, 0.2) is 48.5 Å². The molecule has 0 aromatic heterocycles. The molecular formula is C15H14O4. The third-order valence-corrected chi connectivity index (χ3v) is 2.62. The normalized spacial score (nSPS) is 9.95. The van der Waals surface area contributed by atoms with Gasteiger partial charge in [-0.1, -0.05) is 18.2 Å². The fraction of sp³-hybridized carbons (Fsp3) is 0.133. The molecule has 19 heavy (non-hydrogen) atoms. The Morgan fingerprint density at radius 1 is 1.11 bits per heavy atom. The maximum atomic E-state index is 11.9. The highest BCUT2D eigenvalue weighted by Gasteiger charge is 2.11. The minimum Gasteiger partial charge on any atom is -0.507 e. The first-order chi connectivity index (χ1) is 9.20. The van der Waals surface area contributed by atoms with Crippen LogP contribution < -0.4 is 9.47 Å². The molecule has 0 bridgehead atoms. The number of hydrogen-bond acceptors (Lipinski definition) is 4. The molecule has 0 aliphatic carbocycles. The second-order valence-corrected chi connectivity index (χ2v) is 3.91. The van der Waals surface area contributed by atoms with Gasteiger partial charge in [0.05, 0.1) is 12.7 Å². The average Bonchev–Trinajstić information content (AvgIpc) is 2.45. The summed E-state index contributed by atoms with van der Waals surface area (Å²) in [5, 5.41) is 9.56. The Balaban J connectivity index is 2.02. The lowest BCUT2D eigenvalue weighted by molar-refractivity contribution is 0.0918. The van der Waals surface area contributed by atoms with E-state index in [9.17, 15) is 9.90 Å². The van der Waals surface area contributed by atoms with Gasteiger partial charge in [0.1, 0.15) is 17.2 Å². The Morgan fingerprint density at radius 2 is 1.84 bits per heavy atom. The fourth-order valence-electron chi connectivity index (χ4n) is 1.63. The zero-order valence-corrected chi connectivity index (χ0v) is 10.5. The summed E-state index contributed by atoms with van der Waals surface area (Å²) >= 11 is 0. The van der Waals surface area contributed by atoms with Crippen LogP contribution in [-0.4, -0.2) is 24.6 Å². The summed E-state index contributed by atoms with van der Waals surface area (Å²) in [5.41, 5.74) is 0.255. The van der Waals surface area contributed by atoms with Gasteiger partial charge in [0, 0.05) is 6.07 Å². The molecule has 4 nitrogen and oxygen atoms in total. The Morgan fingerprint density at radius 3 is 2.58 bits per heavy atom. The summed E-state index contributed by atoms with van der Waals surface area (Å²) in [6, 6.07) is 13.4. The summed E-state index contributed by atoms with van der Waals surface area (Å²) in [5.74, 6) is 0.887. The van der Waals surface area contributed by atoms with E-state index >= 15 is 0 Å². The number of Topliss-reactive ketones (excluding diaryl/α,β-unsaturated/α-hetero) is 1. The number of carbonyl (C=O) groups excluding carboxylic acids is 1. The number of benzene rings is 2. The molecule has 2 rings (SSSR count). The van der Waals surface area contributed by atoms with Crippen LogP contribution in [0.4, 0.5) is 0 Å². The first-order valence-electron chi connectivity index (χ1n) is 5.79. The molecule has 0 radical (unpaired) electrons. The van der Waals surface area contributed by atoms with Crippen molar-refractivity contribution in [2.24, 2.45) is 0 Å². The lowest BCUT2D eigenvalue weighted by Gasteiger charge is -2.07. The van der Waals surface area contributed by atoms with Gasteiger partial charge in [-0.25, -0.2) is 0 Å². The maximum absolute atomic E-state index is 11.9. The number of ether oxygens (including phenoxy) is 2. The lowest BCUT2D eigenvalue weighted by Crippen LogP contribution is -2.11. The highest BCUT2D eigenvalue weighted by Crippen LogP contribution is 2.20. The number of phenolic OH excluding ortho intramolecular Hbond substituents is 1. The Bertz CT molecular complexity index is 578. The molecule has 2 aromatic carbocycles. The van der Waals surface area contributed by atoms with E-state index in [0.717, 1.165) is 0 Å². The molecule has 0 spiro atoms. The van der Waals surface area contributed by atoms with Crippen LogP contribution in [-0.2, 0) is 0 Å². The van der Waals surface area contributed by atoms with Gasteiger partial charge in [-0.3, -0.25) is 4.79 Å². The maximum Gasteiger partial charge on any atom is 0.203 e. The van der Waals surface area contributed by atoms with Gasteiger partial charge in [0.15, 0.2) is 6.61 Å². The number of methoxy groups -OCH3 is 1. The second kappa shape index (κ2) is 5.91. The number of ketones is 1. The molecule has 0 amide bonds. The van der Waals surface area contributed by atoms with Crippen molar-refractivity contribution in [1.82, 2.24) is 0 Å². The Labute approximate surface area is 111 Å². The van der Waals surface area contributed by atoms with Crippen molar-refractivity contribution in [1.29, 1.82) is 0 Å². The molecule has 4 heteroatoms. The quantitative estimate of drug-likeness (QED) is 0.838. The minimum atomic E-state index is -0.277. The van der Waals surface area contributed by atoms with Crippen LogP contribution in [0.1, 0.15) is 10.4 Å². The van der Waals surface area contributed by atoms with Crippen molar-refractivity contribution >= 4 is 5.78 Å². The van der Waals surface area contributed by atoms with Crippen molar-refractivity contribution in [2.45, 2.75) is 0 Å². The smallest absolute Gasteiger partial charge is 0.203 e. The molecule has 0 fully saturated rings. The predicted octanol–water partition coefficient (Wildman–Crippen LogP) is 2.66. The first-order valence-corrected chi connectivity index (χ1v) is 5.79. The summed E-state index contributed by atoms with van der Waals surface area (Å²) in [7, 11) is 1.56. The summed E-state index contributed by atoms with van der Waals surface area (Å²) in [6.45, 7) is -0.134. The van der Waals surface area contributed by atoms with E-state index in [-0.39, 0.29) is 23.7 Å². The molecule has 0 atom stereocenters. The standard InChI is InChI=1S/C15H14O4/c1-18-11-5-4-6-12(9-11)19-10-15(17)13-7-2-3-8-14(13)16/h2-9,16H,10H2,1H3. The summed E-state index contributed by atoms with van der Waals surface area (Å²) < 4.78 is 10.4. The van der Waals surface area contributed by atoms with E-state index in [2.05, 4.69) is 0 Å². The van der Waals surface area contributed by atoms with Crippen LogP contribution in [0.3, 0.4) is 0 Å². The Kier molecular flexibility index (Phi) is 4.03. The zero-order chi connectivity index (χ0) is 13.7. The van der Waals surface area contributed by atoms with E-state index in [1.807, 2.05) is 0 Å². The Hall–Kier alpha value is -2.49. The van der Waals surface area contributed by atoms with E-state index in [1.54, 1.807) is 49.6 Å². The van der Waals surface area contributed by atoms with E-state index < -0.39 is 0 Å². The van der Waals surface area contributed by atoms with Crippen molar-refractivity contribution < 1.29 is 19.4 Å². The van der Waals surface area contributed by atoms with Crippen LogP contribution in [0.2, 0.25) is 0 Å². The van der Waals surface area contributed by atoms with Crippen molar-refractivity contribution in [3.8, 4) is 17.2 Å². The molecule has 98 valence electrons. The van der Waals surface area contributed by atoms with E-state index in [1.165, 1.54) is 6.07 Å². The molecule has 0 unspecified atom stereocenters. The van der Waals surface area contributed by atoms with Gasteiger partial charge in [0.2, 0.25) is 5.78 Å². The molecule has 0 aliphatic rings. The SMILES string of the molecule is COc1cccc(OCC(=O)c2ccccc2O)c1. The zero-order valence-electron chi connectivity index (χ0n) is 10.5. The van der Waals surface area contributed by atoms with Crippen molar-refractivity contribution in [3.63, 3.8) is 0 Å². The summed E-state index contributed by atoms with van der Waals surface area (Å²) in [4.78, 5) is 11.9. The topological polar surface area (TPSA) is 55.8 Å². The monoisotopic (exact) mass is 258 g/mol. The van der Waals surface area contributed by atoms with Crippen LogP contribution in [0.5, 0.6) is 17.2 Å². The number of hydrogen-bond donors (Lipinski definition) is 1. The molecule has 0 aliphatic heterocycles. The lowest BCUT2D eigenvalue weighted by atomic mass is 10.1. The number of phenols is 1. The highest BCUT2D eigenvalue weighted by molar-refractivity contribution is 5.99. The third-order valence-electron chi connectivity index (χ3n) is 2.62. The summed E-state index contributed by atoms with van der Waals surface area (Å²) in [6.07, 6.45) is 0. The minimum absolute atomic E-state index is 0.0401. The van der Waals surface area contributed by atoms with Crippen LogP contribution in [0, 0.1) is 0 Å². The van der Waals surface area contributed by atoms with Gasteiger partial charge in [-0.2, -0.15) is 0 Å². The number of aromatic hydroxyl groups is 1. The molecule has 1 N–H and O–H groups in total. The first kappa shape index (κ1) is 13.0. The molecule has 0 saturated heterocycles. The second-order valence-electron chi connectivity index (χ2n) is 3.91.